The number of Topliss-reactive ketones (excluding diaryl/α,β-unsaturated/α-hetero) is 1. The summed E-state index contributed by atoms with van der Waals surface area (Å²) >= 11 is 0. The standard InChI is InChI=1S/C22H32O5S/c1-17(15-28(24,25)19-10-6-5-7-11-19)9-8-12-22(3)20(23)13-18(2)14-21(22)27-16-26-4/h5-7,10-11,18,21H,1,8-9,12-16H2,2-4H3/t18-,21-,22+/m1/s1. The van der Waals surface area contributed by atoms with Gasteiger partial charge in [-0.2, -0.15) is 0 Å². The highest BCUT2D eigenvalue weighted by molar-refractivity contribution is 7.91. The summed E-state index contributed by atoms with van der Waals surface area (Å²) in [6.07, 6.45) is 3.14. The molecule has 28 heavy (non-hydrogen) atoms. The first-order valence-electron chi connectivity index (χ1n) is 9.77. The lowest BCUT2D eigenvalue weighted by molar-refractivity contribution is -0.161. The van der Waals surface area contributed by atoms with Crippen LogP contribution in [0.5, 0.6) is 0 Å². The molecule has 0 heterocycles. The molecule has 2 rings (SSSR count). The number of methoxy groups -OCH3 is 1. The molecule has 1 aromatic carbocycles. The van der Waals surface area contributed by atoms with Crippen LogP contribution in [0.25, 0.3) is 0 Å². The van der Waals surface area contributed by atoms with Crippen LogP contribution in [0.4, 0.5) is 0 Å². The zero-order valence-corrected chi connectivity index (χ0v) is 18.0. The number of hydrogen-bond donors (Lipinski definition) is 0. The van der Waals surface area contributed by atoms with Crippen molar-refractivity contribution in [3.63, 3.8) is 0 Å². The largest absolute Gasteiger partial charge is 0.359 e. The van der Waals surface area contributed by atoms with Crippen LogP contribution in [-0.4, -0.2) is 40.0 Å². The van der Waals surface area contributed by atoms with E-state index in [0.29, 0.717) is 42.1 Å². The summed E-state index contributed by atoms with van der Waals surface area (Å²) in [6, 6.07) is 8.42. The first kappa shape index (κ1) is 22.8. The molecule has 5 nitrogen and oxygen atoms in total. The van der Waals surface area contributed by atoms with Crippen LogP contribution in [0, 0.1) is 11.3 Å². The topological polar surface area (TPSA) is 69.7 Å². The summed E-state index contributed by atoms with van der Waals surface area (Å²) < 4.78 is 35.8. The Morgan fingerprint density at radius 3 is 2.61 bits per heavy atom. The molecule has 0 radical (unpaired) electrons. The van der Waals surface area contributed by atoms with E-state index in [1.54, 1.807) is 37.4 Å². The van der Waals surface area contributed by atoms with Gasteiger partial charge in [0.2, 0.25) is 0 Å². The van der Waals surface area contributed by atoms with Crippen LogP contribution in [0.2, 0.25) is 0 Å². The van der Waals surface area contributed by atoms with Crippen molar-refractivity contribution in [2.45, 2.75) is 57.0 Å². The van der Waals surface area contributed by atoms with E-state index >= 15 is 0 Å². The zero-order chi connectivity index (χ0) is 20.8. The normalized spacial score (nSPS) is 25.6. The summed E-state index contributed by atoms with van der Waals surface area (Å²) in [7, 11) is -1.81. The van der Waals surface area contributed by atoms with E-state index in [1.165, 1.54) is 0 Å². The molecule has 0 aromatic heterocycles. The first-order valence-corrected chi connectivity index (χ1v) is 11.4. The van der Waals surface area contributed by atoms with Gasteiger partial charge in [0.25, 0.3) is 0 Å². The predicted molar refractivity (Wildman–Crippen MR) is 110 cm³/mol. The highest BCUT2D eigenvalue weighted by atomic mass is 32.2. The van der Waals surface area contributed by atoms with Crippen LogP contribution in [0.1, 0.15) is 46.0 Å². The summed E-state index contributed by atoms with van der Waals surface area (Å²) in [4.78, 5) is 13.1. The van der Waals surface area contributed by atoms with Crippen LogP contribution in [-0.2, 0) is 24.1 Å². The number of carbonyl (C=O) groups excluding carboxylic acids is 1. The molecular formula is C22H32O5S. The van der Waals surface area contributed by atoms with Crippen LogP contribution in [0.15, 0.2) is 47.4 Å². The third kappa shape index (κ3) is 5.75. The number of hydrogen-bond acceptors (Lipinski definition) is 5. The minimum absolute atomic E-state index is 0.0672. The SMILES string of the molecule is C=C(CCC[C@@]1(C)C(=O)C[C@@H](C)C[C@H]1OCOC)CS(=O)(=O)c1ccccc1. The molecule has 1 fully saturated rings. The molecule has 0 aliphatic heterocycles. The summed E-state index contributed by atoms with van der Waals surface area (Å²) in [5, 5.41) is 0. The number of rotatable bonds is 10. The average Bonchev–Trinajstić information content (AvgIpc) is 2.64. The van der Waals surface area contributed by atoms with Gasteiger partial charge < -0.3 is 9.47 Å². The number of benzene rings is 1. The van der Waals surface area contributed by atoms with Gasteiger partial charge in [0.1, 0.15) is 12.6 Å². The Bertz CT molecular complexity index is 771. The van der Waals surface area contributed by atoms with Crippen molar-refractivity contribution >= 4 is 15.6 Å². The summed E-state index contributed by atoms with van der Waals surface area (Å²) in [5.74, 6) is 0.450. The molecule has 1 aliphatic carbocycles. The number of sulfone groups is 1. The van der Waals surface area contributed by atoms with Crippen molar-refractivity contribution in [3.8, 4) is 0 Å². The van der Waals surface area contributed by atoms with Gasteiger partial charge in [-0.25, -0.2) is 8.42 Å². The van der Waals surface area contributed by atoms with Crippen LogP contribution in [0.3, 0.4) is 0 Å². The highest BCUT2D eigenvalue weighted by Crippen LogP contribution is 2.42. The average molecular weight is 409 g/mol. The second kappa shape index (κ2) is 9.81. The molecule has 3 atom stereocenters. The molecular weight excluding hydrogens is 376 g/mol. The van der Waals surface area contributed by atoms with Gasteiger partial charge in [-0.15, -0.1) is 0 Å². The van der Waals surface area contributed by atoms with Crippen molar-refractivity contribution in [2.24, 2.45) is 11.3 Å². The Hall–Kier alpha value is -1.50. The minimum Gasteiger partial charge on any atom is -0.359 e. The second-order valence-corrected chi connectivity index (χ2v) is 10.1. The smallest absolute Gasteiger partial charge is 0.182 e. The molecule has 1 saturated carbocycles. The number of carbonyl (C=O) groups is 1. The lowest BCUT2D eigenvalue weighted by Crippen LogP contribution is -2.47. The van der Waals surface area contributed by atoms with Crippen molar-refractivity contribution in [2.75, 3.05) is 19.7 Å². The van der Waals surface area contributed by atoms with E-state index in [1.807, 2.05) is 6.92 Å². The van der Waals surface area contributed by atoms with Gasteiger partial charge in [-0.3, -0.25) is 4.79 Å². The maximum atomic E-state index is 12.8. The Kier molecular flexibility index (Phi) is 7.98. The summed E-state index contributed by atoms with van der Waals surface area (Å²) in [6.45, 7) is 8.15. The predicted octanol–water partition coefficient (Wildman–Crippen LogP) is 4.18. The van der Waals surface area contributed by atoms with E-state index in [2.05, 4.69) is 13.5 Å². The number of ether oxygens (including phenoxy) is 2. The molecule has 156 valence electrons. The molecule has 6 heteroatoms. The molecule has 0 bridgehead atoms. The maximum absolute atomic E-state index is 12.8. The summed E-state index contributed by atoms with van der Waals surface area (Å²) in [5.41, 5.74) is 0.0994. The van der Waals surface area contributed by atoms with E-state index in [9.17, 15) is 13.2 Å². The fraction of sp³-hybridized carbons (Fsp3) is 0.591. The van der Waals surface area contributed by atoms with E-state index in [0.717, 1.165) is 6.42 Å². The third-order valence-electron chi connectivity index (χ3n) is 5.61. The quantitative estimate of drug-likeness (QED) is 0.429. The van der Waals surface area contributed by atoms with Crippen LogP contribution < -0.4 is 0 Å². The lowest BCUT2D eigenvalue weighted by atomic mass is 9.66. The number of ketones is 1. The Morgan fingerprint density at radius 2 is 1.96 bits per heavy atom. The fourth-order valence-electron chi connectivity index (χ4n) is 3.90. The van der Waals surface area contributed by atoms with Crippen molar-refractivity contribution in [1.29, 1.82) is 0 Å². The molecule has 0 N–H and O–H groups in total. The Labute approximate surface area is 169 Å². The zero-order valence-electron chi connectivity index (χ0n) is 17.1. The fourth-order valence-corrected chi connectivity index (χ4v) is 5.32. The molecule has 1 aliphatic rings. The molecule has 0 saturated heterocycles. The molecule has 0 amide bonds. The van der Waals surface area contributed by atoms with Gasteiger partial charge in [0.05, 0.1) is 22.2 Å². The van der Waals surface area contributed by atoms with Crippen LogP contribution >= 0.6 is 0 Å². The minimum atomic E-state index is -3.38. The molecule has 0 spiro atoms. The van der Waals surface area contributed by atoms with E-state index < -0.39 is 15.3 Å². The third-order valence-corrected chi connectivity index (χ3v) is 7.39. The highest BCUT2D eigenvalue weighted by Gasteiger charge is 2.45. The van der Waals surface area contributed by atoms with E-state index in [4.69, 9.17) is 9.47 Å². The lowest BCUT2D eigenvalue weighted by Gasteiger charge is -2.42. The Balaban J connectivity index is 1.94. The van der Waals surface area contributed by atoms with Gasteiger partial charge in [-0.1, -0.05) is 44.2 Å². The van der Waals surface area contributed by atoms with Gasteiger partial charge >= 0.3 is 0 Å². The molecule has 1 aromatic rings. The maximum Gasteiger partial charge on any atom is 0.182 e. The van der Waals surface area contributed by atoms with Gasteiger partial charge in [0, 0.05) is 13.5 Å². The van der Waals surface area contributed by atoms with Crippen molar-refractivity contribution < 1.29 is 22.7 Å². The first-order chi connectivity index (χ1) is 13.2. The monoisotopic (exact) mass is 408 g/mol. The van der Waals surface area contributed by atoms with E-state index in [-0.39, 0.29) is 24.4 Å². The van der Waals surface area contributed by atoms with Gasteiger partial charge in [0.15, 0.2) is 9.84 Å². The second-order valence-electron chi connectivity index (χ2n) is 8.12. The van der Waals surface area contributed by atoms with Crippen molar-refractivity contribution in [3.05, 3.63) is 42.5 Å². The molecule has 0 unspecified atom stereocenters. The Morgan fingerprint density at radius 1 is 1.29 bits per heavy atom. The van der Waals surface area contributed by atoms with Gasteiger partial charge in [-0.05, 0) is 43.7 Å². The van der Waals surface area contributed by atoms with Crippen molar-refractivity contribution in [1.82, 2.24) is 0 Å².